The number of anilines is 2. The maximum absolute atomic E-state index is 12.9. The molecule has 2 heterocycles. The quantitative estimate of drug-likeness (QED) is 0.322. The van der Waals surface area contributed by atoms with Gasteiger partial charge in [0, 0.05) is 24.8 Å². The molecule has 2 aromatic heterocycles. The van der Waals surface area contributed by atoms with E-state index in [0.717, 1.165) is 0 Å². The van der Waals surface area contributed by atoms with Gasteiger partial charge in [-0.1, -0.05) is 30.0 Å². The van der Waals surface area contributed by atoms with Crippen LogP contribution in [0.25, 0.3) is 16.7 Å². The molecule has 0 aliphatic carbocycles. The number of allylic oxidation sites excluding steroid dienone is 1. The van der Waals surface area contributed by atoms with Gasteiger partial charge in [0.2, 0.25) is 17.6 Å². The third-order valence-electron chi connectivity index (χ3n) is 4.91. The minimum absolute atomic E-state index is 0.164. The van der Waals surface area contributed by atoms with Crippen molar-refractivity contribution in [1.29, 1.82) is 0 Å². The molecule has 0 saturated carbocycles. The first-order valence-corrected chi connectivity index (χ1v) is 11.1. The standard InChI is InChI=1S/C23H22N6O3S/c1-4-13-28-21(32)18-7-5-6-8-19(18)29-22(28)26-27-23(29)33-14(2)20(31)25-17-11-9-16(10-12-17)24-15(3)30/h4-12,14H,1,13H2,2-3H3,(H,24,30)(H,25,31)/t14-/m0/s1. The van der Waals surface area contributed by atoms with Crippen molar-refractivity contribution in [2.75, 3.05) is 10.6 Å². The maximum Gasteiger partial charge on any atom is 0.263 e. The van der Waals surface area contributed by atoms with Gasteiger partial charge in [0.15, 0.2) is 5.16 Å². The number of hydrogen-bond acceptors (Lipinski definition) is 6. The Kier molecular flexibility index (Phi) is 6.27. The molecule has 168 valence electrons. The van der Waals surface area contributed by atoms with Crippen molar-refractivity contribution in [2.24, 2.45) is 0 Å². The summed E-state index contributed by atoms with van der Waals surface area (Å²) in [5, 5.41) is 14.6. The highest BCUT2D eigenvalue weighted by Gasteiger charge is 2.21. The van der Waals surface area contributed by atoms with E-state index in [0.29, 0.717) is 39.8 Å². The summed E-state index contributed by atoms with van der Waals surface area (Å²) < 4.78 is 3.30. The fourth-order valence-corrected chi connectivity index (χ4v) is 4.25. The molecule has 2 N–H and O–H groups in total. The largest absolute Gasteiger partial charge is 0.326 e. The highest BCUT2D eigenvalue weighted by atomic mass is 32.2. The van der Waals surface area contributed by atoms with Crippen molar-refractivity contribution in [2.45, 2.75) is 30.8 Å². The number of benzene rings is 2. The zero-order valence-electron chi connectivity index (χ0n) is 18.1. The van der Waals surface area contributed by atoms with E-state index < -0.39 is 5.25 Å². The lowest BCUT2D eigenvalue weighted by atomic mass is 10.2. The molecule has 9 nitrogen and oxygen atoms in total. The lowest BCUT2D eigenvalue weighted by Gasteiger charge is -2.13. The van der Waals surface area contributed by atoms with Crippen LogP contribution in [0, 0.1) is 0 Å². The maximum atomic E-state index is 12.9. The van der Waals surface area contributed by atoms with Crippen LogP contribution in [-0.4, -0.2) is 36.2 Å². The molecule has 0 unspecified atom stereocenters. The van der Waals surface area contributed by atoms with Gasteiger partial charge < -0.3 is 10.6 Å². The lowest BCUT2D eigenvalue weighted by Crippen LogP contribution is -2.24. The molecule has 2 amide bonds. The van der Waals surface area contributed by atoms with Crippen LogP contribution in [0.1, 0.15) is 13.8 Å². The molecule has 0 fully saturated rings. The van der Waals surface area contributed by atoms with Gasteiger partial charge in [-0.15, -0.1) is 16.8 Å². The van der Waals surface area contributed by atoms with Gasteiger partial charge in [0.05, 0.1) is 16.2 Å². The number of para-hydroxylation sites is 1. The SMILES string of the molecule is C=CCn1c(=O)c2ccccc2n2c(S[C@@H](C)C(=O)Nc3ccc(NC(C)=O)cc3)nnc12. The van der Waals surface area contributed by atoms with Gasteiger partial charge in [-0.25, -0.2) is 0 Å². The Hall–Kier alpha value is -3.92. The first kappa shape index (κ1) is 22.3. The molecule has 0 saturated heterocycles. The monoisotopic (exact) mass is 462 g/mol. The third kappa shape index (κ3) is 4.51. The van der Waals surface area contributed by atoms with E-state index in [1.165, 1.54) is 23.3 Å². The summed E-state index contributed by atoms with van der Waals surface area (Å²) >= 11 is 1.25. The molecule has 4 rings (SSSR count). The molecule has 0 aliphatic heterocycles. The molecule has 2 aromatic carbocycles. The number of carbonyl (C=O) groups is 2. The van der Waals surface area contributed by atoms with Crippen molar-refractivity contribution < 1.29 is 9.59 Å². The van der Waals surface area contributed by atoms with Crippen LogP contribution < -0.4 is 16.2 Å². The molecular formula is C23H22N6O3S. The summed E-state index contributed by atoms with van der Waals surface area (Å²) in [5.74, 6) is 0.0124. The second-order valence-corrected chi connectivity index (χ2v) is 8.66. The Labute approximate surface area is 193 Å². The lowest BCUT2D eigenvalue weighted by molar-refractivity contribution is -0.115. The third-order valence-corrected chi connectivity index (χ3v) is 5.96. The zero-order chi connectivity index (χ0) is 23.5. The van der Waals surface area contributed by atoms with Crippen molar-refractivity contribution in [1.82, 2.24) is 19.2 Å². The van der Waals surface area contributed by atoms with Gasteiger partial charge in [-0.2, -0.15) is 0 Å². The smallest absolute Gasteiger partial charge is 0.263 e. The Morgan fingerprint density at radius 3 is 2.42 bits per heavy atom. The number of nitrogens with one attached hydrogen (secondary N) is 2. The van der Waals surface area contributed by atoms with Gasteiger partial charge in [-0.3, -0.25) is 23.4 Å². The van der Waals surface area contributed by atoms with Crippen LogP contribution in [0.2, 0.25) is 0 Å². The molecule has 4 aromatic rings. The molecule has 0 spiro atoms. The molecular weight excluding hydrogens is 440 g/mol. The van der Waals surface area contributed by atoms with Gasteiger partial charge in [0.1, 0.15) is 0 Å². The average molecular weight is 463 g/mol. The van der Waals surface area contributed by atoms with E-state index in [4.69, 9.17) is 0 Å². The minimum Gasteiger partial charge on any atom is -0.326 e. The zero-order valence-corrected chi connectivity index (χ0v) is 18.9. The van der Waals surface area contributed by atoms with Crippen molar-refractivity contribution >= 4 is 51.6 Å². The summed E-state index contributed by atoms with van der Waals surface area (Å²) in [6.45, 7) is 7.22. The molecule has 0 bridgehead atoms. The highest BCUT2D eigenvalue weighted by Crippen LogP contribution is 2.26. The number of aromatic nitrogens is 4. The van der Waals surface area contributed by atoms with Crippen molar-refractivity contribution in [3.63, 3.8) is 0 Å². The summed E-state index contributed by atoms with van der Waals surface area (Å²) in [7, 11) is 0. The van der Waals surface area contributed by atoms with Crippen LogP contribution >= 0.6 is 11.8 Å². The van der Waals surface area contributed by atoms with Crippen LogP contribution in [-0.2, 0) is 16.1 Å². The van der Waals surface area contributed by atoms with Gasteiger partial charge >= 0.3 is 0 Å². The minimum atomic E-state index is -0.494. The van der Waals surface area contributed by atoms with E-state index in [9.17, 15) is 14.4 Å². The van der Waals surface area contributed by atoms with E-state index in [-0.39, 0.29) is 17.4 Å². The molecule has 0 aliphatic rings. The van der Waals surface area contributed by atoms with Gasteiger partial charge in [0.25, 0.3) is 5.56 Å². The second-order valence-electron chi connectivity index (χ2n) is 7.35. The highest BCUT2D eigenvalue weighted by molar-refractivity contribution is 8.00. The Morgan fingerprint density at radius 1 is 1.09 bits per heavy atom. The first-order valence-electron chi connectivity index (χ1n) is 10.2. The summed E-state index contributed by atoms with van der Waals surface area (Å²) in [6.07, 6.45) is 1.63. The number of rotatable bonds is 7. The predicted molar refractivity (Wildman–Crippen MR) is 130 cm³/mol. The van der Waals surface area contributed by atoms with Gasteiger partial charge in [-0.05, 0) is 43.3 Å². The average Bonchev–Trinajstić information content (AvgIpc) is 3.21. The Balaban J connectivity index is 1.61. The normalized spacial score (nSPS) is 11.9. The summed E-state index contributed by atoms with van der Waals surface area (Å²) in [6, 6.07) is 14.1. The first-order chi connectivity index (χ1) is 15.9. The number of nitrogens with zero attached hydrogens (tertiary/aromatic N) is 4. The Bertz CT molecular complexity index is 1420. The molecule has 0 radical (unpaired) electrons. The Morgan fingerprint density at radius 2 is 1.76 bits per heavy atom. The van der Waals surface area contributed by atoms with E-state index in [2.05, 4.69) is 27.4 Å². The fourth-order valence-electron chi connectivity index (χ4n) is 3.40. The summed E-state index contributed by atoms with van der Waals surface area (Å²) in [4.78, 5) is 36.8. The van der Waals surface area contributed by atoms with Crippen LogP contribution in [0.4, 0.5) is 11.4 Å². The number of hydrogen-bond donors (Lipinski definition) is 2. The predicted octanol–water partition coefficient (Wildman–Crippen LogP) is 3.31. The van der Waals surface area contributed by atoms with Crippen molar-refractivity contribution in [3.05, 3.63) is 71.5 Å². The van der Waals surface area contributed by atoms with E-state index >= 15 is 0 Å². The second kappa shape index (κ2) is 9.29. The topological polar surface area (TPSA) is 110 Å². The van der Waals surface area contributed by atoms with Crippen LogP contribution in [0.15, 0.2) is 71.1 Å². The number of thioether (sulfide) groups is 1. The van der Waals surface area contributed by atoms with E-state index in [1.54, 1.807) is 53.8 Å². The van der Waals surface area contributed by atoms with Crippen molar-refractivity contribution in [3.8, 4) is 0 Å². The number of carbonyl (C=O) groups excluding carboxylic acids is 2. The summed E-state index contributed by atoms with van der Waals surface area (Å²) in [5.41, 5.74) is 1.76. The van der Waals surface area contributed by atoms with Crippen LogP contribution in [0.3, 0.4) is 0 Å². The van der Waals surface area contributed by atoms with E-state index in [1.807, 2.05) is 12.1 Å². The fraction of sp³-hybridized carbons (Fsp3) is 0.174. The number of fused-ring (bicyclic) bond motifs is 3. The molecule has 33 heavy (non-hydrogen) atoms. The molecule has 10 heteroatoms. The van der Waals surface area contributed by atoms with Crippen LogP contribution in [0.5, 0.6) is 0 Å². The number of amides is 2. The molecule has 1 atom stereocenters.